The molecule has 24 heavy (non-hydrogen) atoms. The maximum atomic E-state index is 12.9. The third kappa shape index (κ3) is 7.24. The van der Waals surface area contributed by atoms with Crippen LogP contribution in [0, 0.1) is 17.2 Å². The summed E-state index contributed by atoms with van der Waals surface area (Å²) in [5.74, 6) is -0.592. The molecule has 0 saturated heterocycles. The number of hydrogen-bond acceptors (Lipinski definition) is 3. The van der Waals surface area contributed by atoms with E-state index in [-0.39, 0.29) is 35.3 Å². The molecule has 0 aliphatic carbocycles. The Morgan fingerprint density at radius 3 is 2.04 bits per heavy atom. The number of hydrogen-bond donors (Lipinski definition) is 0. The van der Waals surface area contributed by atoms with Gasteiger partial charge in [0, 0.05) is 18.4 Å². The SMILES string of the molecule is CC(C)(C)OC(=O)CC(CCC(=O)c1ccc(F)cc1)C(C)(C)C. The minimum atomic E-state index is -0.510. The van der Waals surface area contributed by atoms with Gasteiger partial charge in [0.1, 0.15) is 11.4 Å². The van der Waals surface area contributed by atoms with E-state index in [0.717, 1.165) is 0 Å². The van der Waals surface area contributed by atoms with E-state index >= 15 is 0 Å². The lowest BCUT2D eigenvalue weighted by atomic mass is 9.75. The van der Waals surface area contributed by atoms with Gasteiger partial charge in [-0.3, -0.25) is 9.59 Å². The highest BCUT2D eigenvalue weighted by molar-refractivity contribution is 5.96. The van der Waals surface area contributed by atoms with Gasteiger partial charge in [0.25, 0.3) is 0 Å². The number of ketones is 1. The first-order valence-electron chi connectivity index (χ1n) is 8.39. The van der Waals surface area contributed by atoms with Crippen LogP contribution in [-0.2, 0) is 9.53 Å². The van der Waals surface area contributed by atoms with Crippen molar-refractivity contribution in [1.29, 1.82) is 0 Å². The molecule has 1 unspecified atom stereocenters. The molecule has 1 rings (SSSR count). The molecule has 1 aromatic rings. The summed E-state index contributed by atoms with van der Waals surface area (Å²) in [7, 11) is 0. The van der Waals surface area contributed by atoms with Crippen molar-refractivity contribution in [3.05, 3.63) is 35.6 Å². The number of benzene rings is 1. The van der Waals surface area contributed by atoms with E-state index in [1.165, 1.54) is 24.3 Å². The largest absolute Gasteiger partial charge is 0.460 e. The number of rotatable bonds is 6. The molecule has 0 spiro atoms. The minimum absolute atomic E-state index is 0.0339. The van der Waals surface area contributed by atoms with E-state index in [1.807, 2.05) is 20.8 Å². The van der Waals surface area contributed by atoms with Crippen molar-refractivity contribution >= 4 is 11.8 Å². The van der Waals surface area contributed by atoms with Crippen LogP contribution >= 0.6 is 0 Å². The summed E-state index contributed by atoms with van der Waals surface area (Å²) in [4.78, 5) is 24.4. The van der Waals surface area contributed by atoms with Gasteiger partial charge in [-0.2, -0.15) is 0 Å². The van der Waals surface area contributed by atoms with Crippen LogP contribution in [0.2, 0.25) is 0 Å². The normalized spacial score (nSPS) is 13.5. The van der Waals surface area contributed by atoms with Crippen LogP contribution in [-0.4, -0.2) is 17.4 Å². The molecule has 4 heteroatoms. The van der Waals surface area contributed by atoms with Crippen molar-refractivity contribution in [2.24, 2.45) is 11.3 Å². The number of carbonyl (C=O) groups excluding carboxylic acids is 2. The van der Waals surface area contributed by atoms with Gasteiger partial charge in [0.15, 0.2) is 5.78 Å². The number of carbonyl (C=O) groups is 2. The first kappa shape index (κ1) is 20.3. The van der Waals surface area contributed by atoms with Crippen LogP contribution < -0.4 is 0 Å². The third-order valence-electron chi connectivity index (χ3n) is 3.94. The van der Waals surface area contributed by atoms with E-state index in [2.05, 4.69) is 20.8 Å². The van der Waals surface area contributed by atoms with Crippen LogP contribution in [0.25, 0.3) is 0 Å². The van der Waals surface area contributed by atoms with Crippen LogP contribution in [0.1, 0.15) is 71.2 Å². The lowest BCUT2D eigenvalue weighted by Gasteiger charge is -2.31. The molecule has 0 heterocycles. The molecule has 1 aromatic carbocycles. The number of ether oxygens (including phenoxy) is 1. The van der Waals surface area contributed by atoms with E-state index in [0.29, 0.717) is 18.4 Å². The fraction of sp³-hybridized carbons (Fsp3) is 0.600. The first-order chi connectivity index (χ1) is 10.9. The highest BCUT2D eigenvalue weighted by Gasteiger charge is 2.29. The molecule has 0 aliphatic heterocycles. The Labute approximate surface area is 144 Å². The zero-order chi connectivity index (χ0) is 18.5. The summed E-state index contributed by atoms with van der Waals surface area (Å²) in [6.45, 7) is 11.7. The third-order valence-corrected chi connectivity index (χ3v) is 3.94. The molecule has 0 amide bonds. The molecule has 1 atom stereocenters. The summed E-state index contributed by atoms with van der Waals surface area (Å²) in [5.41, 5.74) is -0.120. The average molecular weight is 336 g/mol. The summed E-state index contributed by atoms with van der Waals surface area (Å²) >= 11 is 0. The van der Waals surface area contributed by atoms with E-state index in [4.69, 9.17) is 4.74 Å². The summed E-state index contributed by atoms with van der Waals surface area (Å²) < 4.78 is 18.3. The van der Waals surface area contributed by atoms with Gasteiger partial charge in [-0.1, -0.05) is 20.8 Å². The Bertz CT molecular complexity index is 562. The lowest BCUT2D eigenvalue weighted by Crippen LogP contribution is -2.29. The molecule has 0 N–H and O–H groups in total. The van der Waals surface area contributed by atoms with Crippen molar-refractivity contribution in [2.75, 3.05) is 0 Å². The molecular formula is C20H29FO3. The zero-order valence-corrected chi connectivity index (χ0v) is 15.6. The molecule has 0 saturated carbocycles. The second-order valence-corrected chi connectivity index (χ2v) is 8.32. The molecule has 0 bridgehead atoms. The zero-order valence-electron chi connectivity index (χ0n) is 15.6. The minimum Gasteiger partial charge on any atom is -0.460 e. The Morgan fingerprint density at radius 2 is 1.58 bits per heavy atom. The van der Waals surface area contributed by atoms with Crippen molar-refractivity contribution in [1.82, 2.24) is 0 Å². The fourth-order valence-corrected chi connectivity index (χ4v) is 2.51. The number of Topliss-reactive ketones (excluding diaryl/α,β-unsaturated/α-hetero) is 1. The maximum absolute atomic E-state index is 12.9. The van der Waals surface area contributed by atoms with Gasteiger partial charge < -0.3 is 4.74 Å². The predicted octanol–water partition coefficient (Wildman–Crippen LogP) is 5.18. The second-order valence-electron chi connectivity index (χ2n) is 8.32. The molecule has 0 aliphatic rings. The smallest absolute Gasteiger partial charge is 0.306 e. The predicted molar refractivity (Wildman–Crippen MR) is 93.4 cm³/mol. The Hall–Kier alpha value is -1.71. The maximum Gasteiger partial charge on any atom is 0.306 e. The topological polar surface area (TPSA) is 43.4 Å². The van der Waals surface area contributed by atoms with Gasteiger partial charge >= 0.3 is 5.97 Å². The molecule has 0 radical (unpaired) electrons. The van der Waals surface area contributed by atoms with Crippen LogP contribution in [0.5, 0.6) is 0 Å². The first-order valence-corrected chi connectivity index (χ1v) is 8.39. The second kappa shape index (κ2) is 7.91. The molecule has 0 aromatic heterocycles. The van der Waals surface area contributed by atoms with Crippen LogP contribution in [0.4, 0.5) is 4.39 Å². The average Bonchev–Trinajstić information content (AvgIpc) is 2.40. The van der Waals surface area contributed by atoms with Gasteiger partial charge in [0.2, 0.25) is 0 Å². The molecule has 3 nitrogen and oxygen atoms in total. The quantitative estimate of drug-likeness (QED) is 0.531. The van der Waals surface area contributed by atoms with Crippen LogP contribution in [0.3, 0.4) is 0 Å². The van der Waals surface area contributed by atoms with Gasteiger partial charge in [-0.25, -0.2) is 4.39 Å². The molecule has 0 fully saturated rings. The van der Waals surface area contributed by atoms with Crippen LogP contribution in [0.15, 0.2) is 24.3 Å². The summed E-state index contributed by atoms with van der Waals surface area (Å²) in [6, 6.07) is 5.57. The highest BCUT2D eigenvalue weighted by atomic mass is 19.1. The number of esters is 1. The Kier molecular flexibility index (Phi) is 6.70. The molecular weight excluding hydrogens is 307 g/mol. The van der Waals surface area contributed by atoms with Gasteiger partial charge in [0.05, 0.1) is 0 Å². The van der Waals surface area contributed by atoms with Crippen molar-refractivity contribution < 1.29 is 18.7 Å². The standard InChI is InChI=1S/C20H29FO3/c1-19(2,3)15(13-18(23)24-20(4,5)6)9-12-17(22)14-7-10-16(21)11-8-14/h7-8,10-11,15H,9,12-13H2,1-6H3. The van der Waals surface area contributed by atoms with Gasteiger partial charge in [-0.15, -0.1) is 0 Å². The van der Waals surface area contributed by atoms with Crippen molar-refractivity contribution in [2.45, 2.75) is 66.4 Å². The lowest BCUT2D eigenvalue weighted by molar-refractivity contribution is -0.157. The Balaban J connectivity index is 2.68. The van der Waals surface area contributed by atoms with E-state index in [9.17, 15) is 14.0 Å². The summed E-state index contributed by atoms with van der Waals surface area (Å²) in [5, 5.41) is 0. The molecule has 134 valence electrons. The van der Waals surface area contributed by atoms with E-state index in [1.54, 1.807) is 0 Å². The fourth-order valence-electron chi connectivity index (χ4n) is 2.51. The Morgan fingerprint density at radius 1 is 1.04 bits per heavy atom. The summed E-state index contributed by atoms with van der Waals surface area (Å²) in [6.07, 6.45) is 1.22. The van der Waals surface area contributed by atoms with Crippen molar-refractivity contribution in [3.8, 4) is 0 Å². The van der Waals surface area contributed by atoms with E-state index < -0.39 is 5.60 Å². The van der Waals surface area contributed by atoms with Gasteiger partial charge in [-0.05, 0) is 62.8 Å². The monoisotopic (exact) mass is 336 g/mol. The number of halogens is 1. The highest BCUT2D eigenvalue weighted by Crippen LogP contribution is 2.33. The van der Waals surface area contributed by atoms with Crippen molar-refractivity contribution in [3.63, 3.8) is 0 Å².